The second kappa shape index (κ2) is 8.17. The minimum absolute atomic E-state index is 0.0974. The maximum absolute atomic E-state index is 12.7. The summed E-state index contributed by atoms with van der Waals surface area (Å²) in [7, 11) is 0. The third-order valence-corrected chi connectivity index (χ3v) is 7.97. The van der Waals surface area contributed by atoms with Gasteiger partial charge < -0.3 is 10.6 Å². The molecule has 0 saturated heterocycles. The third-order valence-electron chi connectivity index (χ3n) is 4.73. The van der Waals surface area contributed by atoms with Gasteiger partial charge in [0.15, 0.2) is 4.34 Å². The molecule has 0 aliphatic heterocycles. The lowest BCUT2D eigenvalue weighted by atomic mass is 10.1. The lowest BCUT2D eigenvalue weighted by Crippen LogP contribution is -2.22. The number of fused-ring (bicyclic) bond motifs is 1. The number of nitrogens with zero attached hydrogens (tertiary/aromatic N) is 3. The Morgan fingerprint density at radius 3 is 2.85 bits per heavy atom. The third kappa shape index (κ3) is 4.45. The molecule has 0 aromatic carbocycles. The summed E-state index contributed by atoms with van der Waals surface area (Å²) in [6.07, 6.45) is 7.81. The molecule has 4 rings (SSSR count). The van der Waals surface area contributed by atoms with Crippen LogP contribution in [0, 0.1) is 11.3 Å². The molecule has 2 aliphatic rings. The van der Waals surface area contributed by atoms with Crippen molar-refractivity contribution in [3.05, 3.63) is 16.0 Å². The molecule has 1 fully saturated rings. The van der Waals surface area contributed by atoms with Gasteiger partial charge in [-0.3, -0.25) is 4.79 Å². The van der Waals surface area contributed by atoms with Crippen molar-refractivity contribution in [2.24, 2.45) is 0 Å². The SMILES string of the molecule is C[C@@H](Sc1nnc(NC2CC2)s1)C(=O)Nc1sc2c(c1C#N)CCCCC2. The molecule has 0 radical (unpaired) electrons. The molecule has 142 valence electrons. The van der Waals surface area contributed by atoms with E-state index in [1.54, 1.807) is 11.3 Å². The maximum Gasteiger partial charge on any atom is 0.238 e. The van der Waals surface area contributed by atoms with Crippen LogP contribution in [0.25, 0.3) is 0 Å². The molecule has 27 heavy (non-hydrogen) atoms. The van der Waals surface area contributed by atoms with E-state index < -0.39 is 0 Å². The van der Waals surface area contributed by atoms with Gasteiger partial charge in [-0.1, -0.05) is 29.5 Å². The fourth-order valence-corrected chi connectivity index (χ4v) is 6.30. The van der Waals surface area contributed by atoms with Crippen molar-refractivity contribution in [3.63, 3.8) is 0 Å². The summed E-state index contributed by atoms with van der Waals surface area (Å²) in [6.45, 7) is 1.86. The molecule has 1 atom stereocenters. The number of carbonyl (C=O) groups excluding carboxylic acids is 1. The molecular formula is C18H21N5OS3. The second-order valence-electron chi connectivity index (χ2n) is 6.92. The summed E-state index contributed by atoms with van der Waals surface area (Å²) < 4.78 is 0.781. The molecule has 1 saturated carbocycles. The molecule has 9 heteroatoms. The van der Waals surface area contributed by atoms with Crippen molar-refractivity contribution in [2.75, 3.05) is 10.6 Å². The first-order valence-corrected chi connectivity index (χ1v) is 11.8. The van der Waals surface area contributed by atoms with Crippen molar-refractivity contribution in [1.82, 2.24) is 10.2 Å². The van der Waals surface area contributed by atoms with Gasteiger partial charge in [-0.2, -0.15) is 5.26 Å². The van der Waals surface area contributed by atoms with Crippen LogP contribution in [0.5, 0.6) is 0 Å². The quantitative estimate of drug-likeness (QED) is 0.531. The van der Waals surface area contributed by atoms with Crippen LogP contribution in [0.3, 0.4) is 0 Å². The number of carbonyl (C=O) groups is 1. The largest absolute Gasteiger partial charge is 0.357 e. The number of aromatic nitrogens is 2. The Kier molecular flexibility index (Phi) is 5.66. The number of hydrogen-bond acceptors (Lipinski definition) is 8. The highest BCUT2D eigenvalue weighted by Crippen LogP contribution is 2.38. The van der Waals surface area contributed by atoms with Gasteiger partial charge in [0, 0.05) is 10.9 Å². The summed E-state index contributed by atoms with van der Waals surface area (Å²) in [6, 6.07) is 2.85. The Morgan fingerprint density at radius 1 is 1.26 bits per heavy atom. The van der Waals surface area contributed by atoms with E-state index in [1.807, 2.05) is 6.92 Å². The Labute approximate surface area is 170 Å². The minimum Gasteiger partial charge on any atom is -0.357 e. The number of amides is 1. The van der Waals surface area contributed by atoms with Gasteiger partial charge in [0.2, 0.25) is 11.0 Å². The molecule has 2 heterocycles. The number of anilines is 2. The fraction of sp³-hybridized carbons (Fsp3) is 0.556. The van der Waals surface area contributed by atoms with Crippen LogP contribution in [0.1, 0.15) is 55.0 Å². The fourth-order valence-electron chi connectivity index (χ4n) is 3.09. The lowest BCUT2D eigenvalue weighted by Gasteiger charge is -2.09. The van der Waals surface area contributed by atoms with Crippen LogP contribution < -0.4 is 10.6 Å². The number of thiophene rings is 1. The Morgan fingerprint density at radius 2 is 2.07 bits per heavy atom. The number of nitrogens with one attached hydrogen (secondary N) is 2. The van der Waals surface area contributed by atoms with Gasteiger partial charge in [0.1, 0.15) is 11.1 Å². The Bertz CT molecular complexity index is 880. The smallest absolute Gasteiger partial charge is 0.238 e. The normalized spacial score (nSPS) is 17.5. The van der Waals surface area contributed by atoms with E-state index in [0.717, 1.165) is 40.7 Å². The molecule has 6 nitrogen and oxygen atoms in total. The van der Waals surface area contributed by atoms with E-state index >= 15 is 0 Å². The zero-order valence-electron chi connectivity index (χ0n) is 15.1. The topological polar surface area (TPSA) is 90.7 Å². The highest BCUT2D eigenvalue weighted by molar-refractivity contribution is 8.02. The van der Waals surface area contributed by atoms with Gasteiger partial charge >= 0.3 is 0 Å². The number of rotatable bonds is 6. The second-order valence-corrected chi connectivity index (χ2v) is 10.6. The zero-order valence-corrected chi connectivity index (χ0v) is 17.5. The van der Waals surface area contributed by atoms with Gasteiger partial charge in [-0.25, -0.2) is 0 Å². The molecule has 2 aromatic rings. The van der Waals surface area contributed by atoms with Gasteiger partial charge in [-0.15, -0.1) is 21.5 Å². The van der Waals surface area contributed by atoms with E-state index in [2.05, 4.69) is 26.9 Å². The van der Waals surface area contributed by atoms with E-state index in [9.17, 15) is 10.1 Å². The Hall–Kier alpha value is -1.63. The summed E-state index contributed by atoms with van der Waals surface area (Å²) in [5.41, 5.74) is 1.81. The van der Waals surface area contributed by atoms with Crippen LogP contribution in [-0.4, -0.2) is 27.4 Å². The predicted octanol–water partition coefficient (Wildman–Crippen LogP) is 4.43. The molecular weight excluding hydrogens is 398 g/mol. The first kappa shape index (κ1) is 18.7. The van der Waals surface area contributed by atoms with Gasteiger partial charge in [0.05, 0.1) is 10.8 Å². The summed E-state index contributed by atoms with van der Waals surface area (Å²) in [4.78, 5) is 13.9. The molecule has 2 aromatic heterocycles. The molecule has 2 N–H and O–H groups in total. The van der Waals surface area contributed by atoms with Crippen molar-refractivity contribution in [3.8, 4) is 6.07 Å². The average molecular weight is 420 g/mol. The molecule has 1 amide bonds. The average Bonchev–Trinajstić information content (AvgIpc) is 3.33. The molecule has 0 unspecified atom stereocenters. The summed E-state index contributed by atoms with van der Waals surface area (Å²) >= 11 is 4.46. The van der Waals surface area contributed by atoms with Crippen LogP contribution in [0.2, 0.25) is 0 Å². The zero-order chi connectivity index (χ0) is 18.8. The van der Waals surface area contributed by atoms with Crippen LogP contribution >= 0.6 is 34.4 Å². The summed E-state index contributed by atoms with van der Waals surface area (Å²) in [5, 5.41) is 25.4. The number of hydrogen-bond donors (Lipinski definition) is 2. The predicted molar refractivity (Wildman–Crippen MR) is 111 cm³/mol. The minimum atomic E-state index is -0.305. The van der Waals surface area contributed by atoms with Crippen molar-refractivity contribution in [2.45, 2.75) is 67.5 Å². The standard InChI is InChI=1S/C18H21N5OS3/c1-10(25-18-23-22-17(27-18)20-11-7-8-11)15(24)21-16-13(9-19)12-5-3-2-4-6-14(12)26-16/h10-11H,2-8H2,1H3,(H,20,22)(H,21,24)/t10-/m1/s1. The molecule has 0 bridgehead atoms. The van der Waals surface area contributed by atoms with E-state index in [1.165, 1.54) is 47.2 Å². The van der Waals surface area contributed by atoms with Crippen molar-refractivity contribution >= 4 is 50.5 Å². The van der Waals surface area contributed by atoms with Crippen LogP contribution in [0.4, 0.5) is 10.1 Å². The van der Waals surface area contributed by atoms with Crippen molar-refractivity contribution < 1.29 is 4.79 Å². The lowest BCUT2D eigenvalue weighted by molar-refractivity contribution is -0.115. The molecule has 2 aliphatic carbocycles. The number of nitriles is 1. The molecule has 0 spiro atoms. The highest BCUT2D eigenvalue weighted by atomic mass is 32.2. The number of thioether (sulfide) groups is 1. The van der Waals surface area contributed by atoms with Gasteiger partial charge in [-0.05, 0) is 51.0 Å². The van der Waals surface area contributed by atoms with Crippen molar-refractivity contribution in [1.29, 1.82) is 5.26 Å². The number of aryl methyl sites for hydroxylation is 1. The highest BCUT2D eigenvalue weighted by Gasteiger charge is 2.25. The van der Waals surface area contributed by atoms with Gasteiger partial charge in [0.25, 0.3) is 0 Å². The Balaban J connectivity index is 1.41. The van der Waals surface area contributed by atoms with E-state index in [0.29, 0.717) is 16.6 Å². The van der Waals surface area contributed by atoms with E-state index in [4.69, 9.17) is 0 Å². The first-order valence-electron chi connectivity index (χ1n) is 9.26. The first-order chi connectivity index (χ1) is 13.1. The van der Waals surface area contributed by atoms with Crippen LogP contribution in [-0.2, 0) is 17.6 Å². The van der Waals surface area contributed by atoms with E-state index in [-0.39, 0.29) is 11.2 Å². The monoisotopic (exact) mass is 419 g/mol. The summed E-state index contributed by atoms with van der Waals surface area (Å²) in [5.74, 6) is -0.0974. The maximum atomic E-state index is 12.7. The van der Waals surface area contributed by atoms with Crippen LogP contribution in [0.15, 0.2) is 4.34 Å².